The molecular formula is C17H22N2O3. The molecule has 22 heavy (non-hydrogen) atoms. The molecule has 1 heterocycles. The summed E-state index contributed by atoms with van der Waals surface area (Å²) in [4.78, 5) is 11.3. The molecular weight excluding hydrogens is 280 g/mol. The first kappa shape index (κ1) is 14.0. The summed E-state index contributed by atoms with van der Waals surface area (Å²) < 4.78 is 5.94. The molecule has 4 rings (SSSR count). The largest absolute Gasteiger partial charge is 0.387 e. The first-order valence-electron chi connectivity index (χ1n) is 8.12. The number of amides is 1. The topological polar surface area (TPSA) is 70.6 Å². The van der Waals surface area contributed by atoms with Crippen LogP contribution in [0.1, 0.15) is 25.7 Å². The number of fused-ring (bicyclic) bond motifs is 2. The van der Waals surface area contributed by atoms with Crippen LogP contribution in [0.25, 0.3) is 0 Å². The summed E-state index contributed by atoms with van der Waals surface area (Å²) in [7, 11) is 0. The molecule has 3 atom stereocenters. The lowest BCUT2D eigenvalue weighted by Crippen LogP contribution is -2.68. The predicted octanol–water partition coefficient (Wildman–Crippen LogP) is 1.99. The fourth-order valence-electron chi connectivity index (χ4n) is 4.52. The fourth-order valence-corrected chi connectivity index (χ4v) is 4.52. The zero-order valence-corrected chi connectivity index (χ0v) is 12.5. The van der Waals surface area contributed by atoms with Gasteiger partial charge in [0, 0.05) is 35.4 Å². The van der Waals surface area contributed by atoms with Crippen molar-refractivity contribution in [2.24, 2.45) is 11.3 Å². The highest BCUT2D eigenvalue weighted by molar-refractivity contribution is 5.91. The average Bonchev–Trinajstić information content (AvgIpc) is 2.89. The number of carbonyl (C=O) groups excluding carboxylic acids is 1. The van der Waals surface area contributed by atoms with Crippen LogP contribution in [0.3, 0.4) is 0 Å². The van der Waals surface area contributed by atoms with Gasteiger partial charge in [-0.05, 0) is 37.5 Å². The van der Waals surface area contributed by atoms with E-state index in [1.807, 2.05) is 24.3 Å². The zero-order valence-electron chi connectivity index (χ0n) is 12.5. The van der Waals surface area contributed by atoms with Gasteiger partial charge in [-0.15, -0.1) is 0 Å². The molecule has 1 aliphatic heterocycles. The van der Waals surface area contributed by atoms with Crippen molar-refractivity contribution in [1.29, 1.82) is 0 Å². The Morgan fingerprint density at radius 1 is 1.36 bits per heavy atom. The molecule has 3 aliphatic rings. The normalized spacial score (nSPS) is 31.0. The standard InChI is InChI=1S/C17H22N2O3/c20-10-14(21)18-11-3-1-4-12(9-11)19-15-13-5-8-22-16(13)17(15)6-2-7-17/h1,3-4,9,13,15-16,19-20H,2,5-8,10H2,(H,18,21). The summed E-state index contributed by atoms with van der Waals surface area (Å²) in [6, 6.07) is 8.20. The van der Waals surface area contributed by atoms with Gasteiger partial charge in [-0.1, -0.05) is 12.5 Å². The number of hydrogen-bond acceptors (Lipinski definition) is 4. The third-order valence-corrected chi connectivity index (χ3v) is 5.65. The number of ether oxygens (including phenoxy) is 1. The molecule has 1 amide bonds. The van der Waals surface area contributed by atoms with Crippen LogP contribution in [0.5, 0.6) is 0 Å². The zero-order chi connectivity index (χ0) is 15.2. The molecule has 2 aliphatic carbocycles. The molecule has 1 saturated heterocycles. The molecule has 118 valence electrons. The Kier molecular flexibility index (Phi) is 3.35. The van der Waals surface area contributed by atoms with Gasteiger partial charge in [0.15, 0.2) is 0 Å². The quantitative estimate of drug-likeness (QED) is 0.795. The van der Waals surface area contributed by atoms with Crippen LogP contribution in [-0.4, -0.2) is 36.4 Å². The molecule has 3 N–H and O–H groups in total. The van der Waals surface area contributed by atoms with Crippen LogP contribution in [0.15, 0.2) is 24.3 Å². The van der Waals surface area contributed by atoms with Gasteiger partial charge in [0.2, 0.25) is 5.91 Å². The van der Waals surface area contributed by atoms with Crippen LogP contribution in [0.2, 0.25) is 0 Å². The summed E-state index contributed by atoms with van der Waals surface area (Å²) >= 11 is 0. The SMILES string of the molecule is O=C(CO)Nc1cccc(NC2C3CCOC3C23CCC3)c1. The summed E-state index contributed by atoms with van der Waals surface area (Å²) in [5.74, 6) is 0.233. The van der Waals surface area contributed by atoms with E-state index in [-0.39, 0.29) is 5.91 Å². The minimum absolute atomic E-state index is 0.339. The first-order valence-corrected chi connectivity index (χ1v) is 8.12. The van der Waals surface area contributed by atoms with Crippen LogP contribution in [0.4, 0.5) is 11.4 Å². The van der Waals surface area contributed by atoms with E-state index >= 15 is 0 Å². The highest BCUT2D eigenvalue weighted by Crippen LogP contribution is 2.63. The smallest absolute Gasteiger partial charge is 0.250 e. The Morgan fingerprint density at radius 2 is 2.18 bits per heavy atom. The van der Waals surface area contributed by atoms with E-state index in [0.29, 0.717) is 29.2 Å². The second-order valence-electron chi connectivity index (χ2n) is 6.74. The van der Waals surface area contributed by atoms with Gasteiger partial charge in [-0.2, -0.15) is 0 Å². The number of rotatable bonds is 4. The van der Waals surface area contributed by atoms with Crippen molar-refractivity contribution in [1.82, 2.24) is 0 Å². The predicted molar refractivity (Wildman–Crippen MR) is 83.7 cm³/mol. The Balaban J connectivity index is 1.49. The van der Waals surface area contributed by atoms with E-state index in [1.165, 1.54) is 19.3 Å². The third-order valence-electron chi connectivity index (χ3n) is 5.65. The second kappa shape index (κ2) is 5.25. The Labute approximate surface area is 130 Å². The molecule has 2 saturated carbocycles. The van der Waals surface area contributed by atoms with Crippen LogP contribution < -0.4 is 10.6 Å². The molecule has 5 nitrogen and oxygen atoms in total. The molecule has 0 radical (unpaired) electrons. The third kappa shape index (κ3) is 2.03. The molecule has 5 heteroatoms. The summed E-state index contributed by atoms with van der Waals surface area (Å²) in [5.41, 5.74) is 2.08. The molecule has 0 bridgehead atoms. The van der Waals surface area contributed by atoms with Crippen LogP contribution >= 0.6 is 0 Å². The Morgan fingerprint density at radius 3 is 2.91 bits per heavy atom. The van der Waals surface area contributed by atoms with Gasteiger partial charge < -0.3 is 20.5 Å². The van der Waals surface area contributed by atoms with E-state index in [9.17, 15) is 4.79 Å². The lowest BCUT2D eigenvalue weighted by atomic mass is 9.46. The molecule has 3 unspecified atom stereocenters. The average molecular weight is 302 g/mol. The van der Waals surface area contributed by atoms with Gasteiger partial charge in [0.25, 0.3) is 0 Å². The van der Waals surface area contributed by atoms with Gasteiger partial charge in [0.1, 0.15) is 6.61 Å². The number of nitrogens with one attached hydrogen (secondary N) is 2. The highest BCUT2D eigenvalue weighted by atomic mass is 16.5. The van der Waals surface area contributed by atoms with Crippen molar-refractivity contribution in [3.63, 3.8) is 0 Å². The van der Waals surface area contributed by atoms with E-state index in [4.69, 9.17) is 9.84 Å². The van der Waals surface area contributed by atoms with Crippen LogP contribution in [-0.2, 0) is 9.53 Å². The van der Waals surface area contributed by atoms with Gasteiger partial charge >= 0.3 is 0 Å². The summed E-state index contributed by atoms with van der Waals surface area (Å²) in [6.45, 7) is 0.395. The number of benzene rings is 1. The van der Waals surface area contributed by atoms with Gasteiger partial charge in [-0.25, -0.2) is 0 Å². The number of aliphatic hydroxyl groups is 1. The second-order valence-corrected chi connectivity index (χ2v) is 6.74. The van der Waals surface area contributed by atoms with E-state index in [1.54, 1.807) is 0 Å². The Bertz CT molecular complexity index is 585. The highest BCUT2D eigenvalue weighted by Gasteiger charge is 2.66. The number of carbonyl (C=O) groups is 1. The molecule has 1 aromatic carbocycles. The number of aliphatic hydroxyl groups excluding tert-OH is 1. The van der Waals surface area contributed by atoms with E-state index in [2.05, 4.69) is 10.6 Å². The summed E-state index contributed by atoms with van der Waals surface area (Å²) in [6.07, 6.45) is 5.41. The molecule has 3 fully saturated rings. The lowest BCUT2D eigenvalue weighted by molar-refractivity contribution is -0.158. The van der Waals surface area contributed by atoms with Crippen molar-refractivity contribution in [2.75, 3.05) is 23.8 Å². The van der Waals surface area contributed by atoms with Crippen molar-refractivity contribution in [3.05, 3.63) is 24.3 Å². The van der Waals surface area contributed by atoms with E-state index < -0.39 is 6.61 Å². The maximum absolute atomic E-state index is 11.3. The number of hydrogen-bond donors (Lipinski definition) is 3. The molecule has 1 aromatic rings. The van der Waals surface area contributed by atoms with Crippen molar-refractivity contribution < 1.29 is 14.6 Å². The number of anilines is 2. The first-order chi connectivity index (χ1) is 10.7. The van der Waals surface area contributed by atoms with Gasteiger partial charge in [-0.3, -0.25) is 4.79 Å². The molecule has 0 aromatic heterocycles. The van der Waals surface area contributed by atoms with Crippen molar-refractivity contribution >= 4 is 17.3 Å². The van der Waals surface area contributed by atoms with Crippen LogP contribution in [0, 0.1) is 11.3 Å². The van der Waals surface area contributed by atoms with Crippen molar-refractivity contribution in [2.45, 2.75) is 37.8 Å². The fraction of sp³-hybridized carbons (Fsp3) is 0.588. The maximum Gasteiger partial charge on any atom is 0.250 e. The minimum atomic E-state index is -0.496. The summed E-state index contributed by atoms with van der Waals surface area (Å²) in [5, 5.41) is 15.2. The van der Waals surface area contributed by atoms with E-state index in [0.717, 1.165) is 18.7 Å². The maximum atomic E-state index is 11.3. The minimum Gasteiger partial charge on any atom is -0.387 e. The monoisotopic (exact) mass is 302 g/mol. The lowest BCUT2D eigenvalue weighted by Gasteiger charge is -2.63. The van der Waals surface area contributed by atoms with Gasteiger partial charge in [0.05, 0.1) is 6.10 Å². The molecule has 1 spiro atoms. The Hall–Kier alpha value is -1.59. The van der Waals surface area contributed by atoms with Crippen molar-refractivity contribution in [3.8, 4) is 0 Å².